The molecule has 2 aliphatic heterocycles. The number of hydrogen-bond acceptors (Lipinski definition) is 4. The van der Waals surface area contributed by atoms with Crippen molar-refractivity contribution in [3.63, 3.8) is 0 Å². The van der Waals surface area contributed by atoms with Crippen molar-refractivity contribution in [2.75, 3.05) is 27.3 Å². The second-order valence-corrected chi connectivity index (χ2v) is 8.47. The van der Waals surface area contributed by atoms with E-state index in [-0.39, 0.29) is 5.91 Å². The molecule has 0 unspecified atom stereocenters. The van der Waals surface area contributed by atoms with Crippen LogP contribution in [0.1, 0.15) is 41.9 Å². The van der Waals surface area contributed by atoms with Crippen molar-refractivity contribution in [2.45, 2.75) is 38.6 Å². The van der Waals surface area contributed by atoms with Gasteiger partial charge in [0.25, 0.3) is 5.91 Å². The summed E-state index contributed by atoms with van der Waals surface area (Å²) in [5.41, 5.74) is 5.07. The van der Waals surface area contributed by atoms with Gasteiger partial charge in [0, 0.05) is 30.8 Å². The number of aromatic nitrogens is 2. The van der Waals surface area contributed by atoms with E-state index in [9.17, 15) is 4.79 Å². The number of hydrogen-bond donors (Lipinski definition) is 0. The standard InChI is InChI=1S/C26H29N3O3/c1-31-21-16-19-12-15-29-24(20(19)17-22(21)32-2)23(18-10-6-5-7-11-18)27-25(29)26(30)28-13-8-3-4-9-14-28/h5-7,10-11,16-17H,3-4,8-9,12-15H2,1-2H3. The summed E-state index contributed by atoms with van der Waals surface area (Å²) in [4.78, 5) is 20.6. The van der Waals surface area contributed by atoms with Crippen LogP contribution in [0.25, 0.3) is 22.5 Å². The fourth-order valence-electron chi connectivity index (χ4n) is 4.90. The quantitative estimate of drug-likeness (QED) is 0.595. The van der Waals surface area contributed by atoms with E-state index in [4.69, 9.17) is 14.5 Å². The average molecular weight is 432 g/mol. The van der Waals surface area contributed by atoms with E-state index in [1.807, 2.05) is 29.2 Å². The van der Waals surface area contributed by atoms with Gasteiger partial charge in [-0.1, -0.05) is 43.2 Å². The lowest BCUT2D eigenvalue weighted by Gasteiger charge is -2.24. The van der Waals surface area contributed by atoms with Gasteiger partial charge < -0.3 is 18.9 Å². The van der Waals surface area contributed by atoms with Crippen LogP contribution in [0.5, 0.6) is 11.5 Å². The maximum absolute atomic E-state index is 13.6. The molecule has 0 N–H and O–H groups in total. The Labute approximate surface area is 188 Å². The van der Waals surface area contributed by atoms with Gasteiger partial charge in [0.2, 0.25) is 0 Å². The van der Waals surface area contributed by atoms with Gasteiger partial charge in [0.1, 0.15) is 0 Å². The summed E-state index contributed by atoms with van der Waals surface area (Å²) < 4.78 is 13.2. The Morgan fingerprint density at radius 2 is 1.59 bits per heavy atom. The van der Waals surface area contributed by atoms with Crippen LogP contribution in [0.3, 0.4) is 0 Å². The number of benzene rings is 2. The van der Waals surface area contributed by atoms with E-state index in [0.29, 0.717) is 18.1 Å². The predicted octanol–water partition coefficient (Wildman–Crippen LogP) is 4.81. The molecule has 3 heterocycles. The van der Waals surface area contributed by atoms with Crippen LogP contribution < -0.4 is 9.47 Å². The number of nitrogens with zero attached hydrogens (tertiary/aromatic N) is 3. The summed E-state index contributed by atoms with van der Waals surface area (Å²) >= 11 is 0. The number of likely N-dealkylation sites (tertiary alicyclic amines) is 1. The summed E-state index contributed by atoms with van der Waals surface area (Å²) in [7, 11) is 3.31. The Balaban J connectivity index is 1.68. The van der Waals surface area contributed by atoms with Gasteiger partial charge in [-0.3, -0.25) is 4.79 Å². The molecule has 2 aromatic carbocycles. The number of carbonyl (C=O) groups excluding carboxylic acids is 1. The molecule has 1 aromatic heterocycles. The van der Waals surface area contributed by atoms with Crippen LogP contribution in [-0.2, 0) is 13.0 Å². The second kappa shape index (κ2) is 8.69. The van der Waals surface area contributed by atoms with Gasteiger partial charge in [-0.15, -0.1) is 0 Å². The van der Waals surface area contributed by atoms with Crippen molar-refractivity contribution < 1.29 is 14.3 Å². The highest BCUT2D eigenvalue weighted by atomic mass is 16.5. The number of carbonyl (C=O) groups is 1. The molecule has 6 nitrogen and oxygen atoms in total. The summed E-state index contributed by atoms with van der Waals surface area (Å²) in [6.07, 6.45) is 5.31. The van der Waals surface area contributed by atoms with E-state index in [0.717, 1.165) is 60.6 Å². The highest BCUT2D eigenvalue weighted by Gasteiger charge is 2.31. The number of rotatable bonds is 4. The lowest BCUT2D eigenvalue weighted by Crippen LogP contribution is -2.34. The first kappa shape index (κ1) is 20.6. The SMILES string of the molecule is COc1cc2c(cc1OC)-c1c(-c3ccccc3)nc(C(=O)N3CCCCCC3)n1CC2. The van der Waals surface area contributed by atoms with E-state index >= 15 is 0 Å². The molecule has 5 rings (SSSR count). The fourth-order valence-corrected chi connectivity index (χ4v) is 4.90. The monoisotopic (exact) mass is 431 g/mol. The van der Waals surface area contributed by atoms with Gasteiger partial charge in [-0.25, -0.2) is 4.98 Å². The highest BCUT2D eigenvalue weighted by Crippen LogP contribution is 2.43. The van der Waals surface area contributed by atoms with Crippen LogP contribution in [0.4, 0.5) is 0 Å². The zero-order valence-electron chi connectivity index (χ0n) is 18.8. The molecule has 2 aliphatic rings. The Kier molecular flexibility index (Phi) is 5.60. The Hall–Kier alpha value is -3.28. The molecule has 0 radical (unpaired) electrons. The Bertz CT molecular complexity index is 1130. The molecule has 1 amide bonds. The van der Waals surface area contributed by atoms with Gasteiger partial charge in [-0.05, 0) is 37.0 Å². The van der Waals surface area contributed by atoms with Crippen LogP contribution >= 0.6 is 0 Å². The molecule has 0 atom stereocenters. The number of fused-ring (bicyclic) bond motifs is 3. The van der Waals surface area contributed by atoms with E-state index in [1.165, 1.54) is 18.4 Å². The van der Waals surface area contributed by atoms with Crippen molar-refractivity contribution >= 4 is 5.91 Å². The third-order valence-corrected chi connectivity index (χ3v) is 6.57. The molecule has 0 bridgehead atoms. The molecule has 0 spiro atoms. The number of ether oxygens (including phenoxy) is 2. The van der Waals surface area contributed by atoms with Gasteiger partial charge >= 0.3 is 0 Å². The third-order valence-electron chi connectivity index (χ3n) is 6.57. The molecule has 166 valence electrons. The zero-order valence-corrected chi connectivity index (χ0v) is 18.8. The van der Waals surface area contributed by atoms with E-state index in [2.05, 4.69) is 22.8 Å². The van der Waals surface area contributed by atoms with Crippen molar-refractivity contribution in [3.05, 3.63) is 53.9 Å². The number of imidazole rings is 1. The molecular formula is C26H29N3O3. The van der Waals surface area contributed by atoms with Crippen LogP contribution in [0.15, 0.2) is 42.5 Å². The number of aryl methyl sites for hydroxylation is 1. The molecule has 0 saturated carbocycles. The fraction of sp³-hybridized carbons (Fsp3) is 0.385. The summed E-state index contributed by atoms with van der Waals surface area (Å²) in [6, 6.07) is 14.2. The van der Waals surface area contributed by atoms with Gasteiger partial charge in [-0.2, -0.15) is 0 Å². The molecule has 6 heteroatoms. The Morgan fingerprint density at radius 3 is 2.28 bits per heavy atom. The topological polar surface area (TPSA) is 56.6 Å². The van der Waals surface area contributed by atoms with Crippen LogP contribution in [-0.4, -0.2) is 47.7 Å². The van der Waals surface area contributed by atoms with Gasteiger partial charge in [0.05, 0.1) is 25.6 Å². The molecule has 32 heavy (non-hydrogen) atoms. The average Bonchev–Trinajstić information content (AvgIpc) is 3.02. The summed E-state index contributed by atoms with van der Waals surface area (Å²) in [6.45, 7) is 2.33. The molecule has 3 aromatic rings. The van der Waals surface area contributed by atoms with Crippen LogP contribution in [0, 0.1) is 0 Å². The Morgan fingerprint density at radius 1 is 0.906 bits per heavy atom. The molecule has 1 saturated heterocycles. The second-order valence-electron chi connectivity index (χ2n) is 8.47. The lowest BCUT2D eigenvalue weighted by atomic mass is 9.94. The van der Waals surface area contributed by atoms with Gasteiger partial charge in [0.15, 0.2) is 17.3 Å². The van der Waals surface area contributed by atoms with Crippen molar-refractivity contribution in [3.8, 4) is 34.0 Å². The smallest absolute Gasteiger partial charge is 0.289 e. The van der Waals surface area contributed by atoms with Crippen molar-refractivity contribution in [1.29, 1.82) is 0 Å². The van der Waals surface area contributed by atoms with Crippen molar-refractivity contribution in [2.24, 2.45) is 0 Å². The zero-order chi connectivity index (χ0) is 22.1. The lowest BCUT2D eigenvalue weighted by molar-refractivity contribution is 0.0744. The first-order chi connectivity index (χ1) is 15.7. The first-order valence-corrected chi connectivity index (χ1v) is 11.4. The maximum atomic E-state index is 13.6. The number of methoxy groups -OCH3 is 2. The van der Waals surface area contributed by atoms with E-state index in [1.54, 1.807) is 14.2 Å². The highest BCUT2D eigenvalue weighted by molar-refractivity contribution is 5.95. The maximum Gasteiger partial charge on any atom is 0.289 e. The predicted molar refractivity (Wildman–Crippen MR) is 124 cm³/mol. The summed E-state index contributed by atoms with van der Waals surface area (Å²) in [5.74, 6) is 1.99. The number of amides is 1. The van der Waals surface area contributed by atoms with Crippen LogP contribution in [0.2, 0.25) is 0 Å². The normalized spacial score (nSPS) is 15.5. The largest absolute Gasteiger partial charge is 0.493 e. The summed E-state index contributed by atoms with van der Waals surface area (Å²) in [5, 5.41) is 0. The molecule has 1 fully saturated rings. The molecule has 0 aliphatic carbocycles. The third kappa shape index (κ3) is 3.53. The minimum Gasteiger partial charge on any atom is -0.493 e. The minimum absolute atomic E-state index is 0.0410. The van der Waals surface area contributed by atoms with E-state index < -0.39 is 0 Å². The first-order valence-electron chi connectivity index (χ1n) is 11.4. The minimum atomic E-state index is 0.0410. The molecular weight excluding hydrogens is 402 g/mol. The van der Waals surface area contributed by atoms with Crippen molar-refractivity contribution in [1.82, 2.24) is 14.5 Å².